The molecule has 0 aliphatic heterocycles. The van der Waals surface area contributed by atoms with E-state index < -0.39 is 0 Å². The van der Waals surface area contributed by atoms with Gasteiger partial charge >= 0.3 is 0 Å². The van der Waals surface area contributed by atoms with Gasteiger partial charge in [0.1, 0.15) is 5.69 Å². The fourth-order valence-electron chi connectivity index (χ4n) is 1.11. The van der Waals surface area contributed by atoms with Crippen molar-refractivity contribution in [1.82, 2.24) is 9.78 Å². The summed E-state index contributed by atoms with van der Waals surface area (Å²) >= 11 is 6.05. The van der Waals surface area contributed by atoms with Crippen LogP contribution in [0, 0.1) is 0 Å². The first kappa shape index (κ1) is 12.5. The average Bonchev–Trinajstić information content (AvgIpc) is 2.56. The Balaban J connectivity index is 2.61. The molecule has 0 bridgehead atoms. The second-order valence-corrected chi connectivity index (χ2v) is 4.43. The van der Waals surface area contributed by atoms with E-state index in [1.165, 1.54) is 0 Å². The van der Waals surface area contributed by atoms with Gasteiger partial charge in [0.05, 0.1) is 17.7 Å². The van der Waals surface area contributed by atoms with Crippen molar-refractivity contribution in [3.63, 3.8) is 0 Å². The van der Waals surface area contributed by atoms with Crippen LogP contribution in [-0.2, 0) is 11.3 Å². The second kappa shape index (κ2) is 5.52. The fourth-order valence-corrected chi connectivity index (χ4v) is 1.30. The van der Waals surface area contributed by atoms with Gasteiger partial charge < -0.3 is 4.74 Å². The van der Waals surface area contributed by atoms with Crippen LogP contribution < -0.4 is 0 Å². The molecule has 4 heteroatoms. The fraction of sp³-hybridized carbons (Fsp3) is 0.727. The van der Waals surface area contributed by atoms with Crippen LogP contribution in [0.25, 0.3) is 0 Å². The van der Waals surface area contributed by atoms with Crippen LogP contribution in [0.4, 0.5) is 0 Å². The molecule has 0 aliphatic carbocycles. The highest BCUT2D eigenvalue weighted by atomic mass is 35.5. The van der Waals surface area contributed by atoms with Gasteiger partial charge in [-0.1, -0.05) is 18.5 Å². The molecule has 0 aromatic carbocycles. The molecule has 1 aromatic heterocycles. The Hall–Kier alpha value is -0.540. The van der Waals surface area contributed by atoms with E-state index in [0.717, 1.165) is 12.1 Å². The van der Waals surface area contributed by atoms with Gasteiger partial charge in [0.2, 0.25) is 0 Å². The number of aromatic nitrogens is 2. The number of halogens is 1. The summed E-state index contributed by atoms with van der Waals surface area (Å²) in [5, 5.41) is 5.06. The monoisotopic (exact) mass is 230 g/mol. The number of rotatable bonds is 5. The highest BCUT2D eigenvalue weighted by Crippen LogP contribution is 2.18. The molecule has 1 rings (SSSR count). The van der Waals surface area contributed by atoms with Crippen LogP contribution in [0.2, 0.25) is 5.02 Å². The molecule has 0 unspecified atom stereocenters. The van der Waals surface area contributed by atoms with E-state index in [9.17, 15) is 0 Å². The summed E-state index contributed by atoms with van der Waals surface area (Å²) in [6.45, 7) is 8.78. The minimum Gasteiger partial charge on any atom is -0.372 e. The number of ether oxygens (including phenoxy) is 1. The van der Waals surface area contributed by atoms with E-state index in [0.29, 0.717) is 17.7 Å². The topological polar surface area (TPSA) is 27.1 Å². The zero-order valence-electron chi connectivity index (χ0n) is 9.83. The maximum atomic E-state index is 6.05. The van der Waals surface area contributed by atoms with Crippen LogP contribution in [-0.4, -0.2) is 15.9 Å². The molecule has 1 atom stereocenters. The van der Waals surface area contributed by atoms with Gasteiger partial charge in [0, 0.05) is 12.2 Å². The Kier molecular flexibility index (Phi) is 4.61. The van der Waals surface area contributed by atoms with Gasteiger partial charge in [0.15, 0.2) is 0 Å². The van der Waals surface area contributed by atoms with Gasteiger partial charge in [-0.05, 0) is 27.2 Å². The normalized spacial score (nSPS) is 13.5. The van der Waals surface area contributed by atoms with Crippen molar-refractivity contribution in [3.05, 3.63) is 16.9 Å². The van der Waals surface area contributed by atoms with E-state index in [1.54, 1.807) is 0 Å². The zero-order valence-corrected chi connectivity index (χ0v) is 10.6. The summed E-state index contributed by atoms with van der Waals surface area (Å²) in [7, 11) is 0. The van der Waals surface area contributed by atoms with Crippen molar-refractivity contribution in [1.29, 1.82) is 0 Å². The predicted molar refractivity (Wildman–Crippen MR) is 62.2 cm³/mol. The first-order valence-electron chi connectivity index (χ1n) is 5.39. The third-order valence-electron chi connectivity index (χ3n) is 2.37. The van der Waals surface area contributed by atoms with Crippen molar-refractivity contribution in [2.24, 2.45) is 0 Å². The lowest BCUT2D eigenvalue weighted by Crippen LogP contribution is -2.07. The minimum absolute atomic E-state index is 0.255. The molecule has 1 aromatic rings. The Morgan fingerprint density at radius 3 is 2.60 bits per heavy atom. The molecule has 0 saturated heterocycles. The van der Waals surface area contributed by atoms with Crippen LogP contribution in [0.1, 0.15) is 45.9 Å². The second-order valence-electron chi connectivity index (χ2n) is 4.03. The Morgan fingerprint density at radius 1 is 1.47 bits per heavy atom. The minimum atomic E-state index is 0.255. The zero-order chi connectivity index (χ0) is 11.4. The Morgan fingerprint density at radius 2 is 2.13 bits per heavy atom. The molecule has 0 spiro atoms. The molecule has 0 fully saturated rings. The first-order chi connectivity index (χ1) is 7.04. The van der Waals surface area contributed by atoms with Gasteiger partial charge in [0.25, 0.3) is 0 Å². The Labute approximate surface area is 96.4 Å². The van der Waals surface area contributed by atoms with Gasteiger partial charge in [-0.25, -0.2) is 0 Å². The van der Waals surface area contributed by atoms with E-state index >= 15 is 0 Å². The van der Waals surface area contributed by atoms with Crippen LogP contribution in [0.3, 0.4) is 0 Å². The number of hydrogen-bond acceptors (Lipinski definition) is 2. The third kappa shape index (κ3) is 3.50. The largest absolute Gasteiger partial charge is 0.372 e. The van der Waals surface area contributed by atoms with Crippen LogP contribution in [0.15, 0.2) is 6.20 Å². The molecule has 0 radical (unpaired) electrons. The number of nitrogens with zero attached hydrogens (tertiary/aromatic N) is 2. The lowest BCUT2D eigenvalue weighted by atomic mass is 10.3. The van der Waals surface area contributed by atoms with E-state index in [1.807, 2.05) is 17.8 Å². The first-order valence-corrected chi connectivity index (χ1v) is 5.77. The van der Waals surface area contributed by atoms with Crippen LogP contribution in [0.5, 0.6) is 0 Å². The summed E-state index contributed by atoms with van der Waals surface area (Å²) in [5.41, 5.74) is 0.825. The van der Waals surface area contributed by atoms with Gasteiger partial charge in [-0.2, -0.15) is 5.10 Å². The quantitative estimate of drug-likeness (QED) is 0.775. The third-order valence-corrected chi connectivity index (χ3v) is 2.68. The lowest BCUT2D eigenvalue weighted by Gasteiger charge is -2.09. The van der Waals surface area contributed by atoms with Crippen molar-refractivity contribution in [3.8, 4) is 0 Å². The SMILES string of the molecule is CC[C@@H](C)OCc1nn(C(C)C)cc1Cl. The predicted octanol–water partition coefficient (Wildman–Crippen LogP) is 3.43. The molecule has 86 valence electrons. The average molecular weight is 231 g/mol. The number of hydrogen-bond donors (Lipinski definition) is 0. The smallest absolute Gasteiger partial charge is 0.107 e. The molecule has 15 heavy (non-hydrogen) atoms. The highest BCUT2D eigenvalue weighted by Gasteiger charge is 2.10. The van der Waals surface area contributed by atoms with Crippen molar-refractivity contribution >= 4 is 11.6 Å². The molecule has 3 nitrogen and oxygen atoms in total. The molecule has 0 saturated carbocycles. The van der Waals surface area contributed by atoms with E-state index in [-0.39, 0.29) is 6.10 Å². The maximum Gasteiger partial charge on any atom is 0.107 e. The summed E-state index contributed by atoms with van der Waals surface area (Å²) in [6, 6.07) is 0.333. The van der Waals surface area contributed by atoms with Gasteiger partial charge in [-0.3, -0.25) is 4.68 Å². The van der Waals surface area contributed by atoms with Gasteiger partial charge in [-0.15, -0.1) is 0 Å². The highest BCUT2D eigenvalue weighted by molar-refractivity contribution is 6.31. The van der Waals surface area contributed by atoms with Crippen molar-refractivity contribution in [2.45, 2.75) is 52.9 Å². The summed E-state index contributed by atoms with van der Waals surface area (Å²) in [4.78, 5) is 0. The Bertz CT molecular complexity index is 310. The van der Waals surface area contributed by atoms with E-state index in [4.69, 9.17) is 16.3 Å². The lowest BCUT2D eigenvalue weighted by molar-refractivity contribution is 0.0485. The summed E-state index contributed by atoms with van der Waals surface area (Å²) < 4.78 is 7.45. The maximum absolute atomic E-state index is 6.05. The summed E-state index contributed by atoms with van der Waals surface area (Å²) in [5.74, 6) is 0. The molecule has 1 heterocycles. The molecule has 0 amide bonds. The standard InChI is InChI=1S/C11H19ClN2O/c1-5-9(4)15-7-11-10(12)6-14(13-11)8(2)3/h6,8-9H,5,7H2,1-4H3/t9-/m1/s1. The molecule has 0 aliphatic rings. The molecular formula is C11H19ClN2O. The molecule has 0 N–H and O–H groups in total. The van der Waals surface area contributed by atoms with Crippen molar-refractivity contribution < 1.29 is 4.74 Å². The molecular weight excluding hydrogens is 212 g/mol. The van der Waals surface area contributed by atoms with Crippen LogP contribution >= 0.6 is 11.6 Å². The van der Waals surface area contributed by atoms with Crippen molar-refractivity contribution in [2.75, 3.05) is 0 Å². The van der Waals surface area contributed by atoms with E-state index in [2.05, 4.69) is 25.9 Å². The summed E-state index contributed by atoms with van der Waals surface area (Å²) in [6.07, 6.45) is 3.11.